The predicted molar refractivity (Wildman–Crippen MR) is 93.0 cm³/mol. The number of carbonyl (C=O) groups is 1. The second-order valence-electron chi connectivity index (χ2n) is 6.27. The van der Waals surface area contributed by atoms with Crippen molar-refractivity contribution in [2.45, 2.75) is 25.8 Å². The number of rotatable bonds is 4. The molecule has 0 aliphatic carbocycles. The van der Waals surface area contributed by atoms with Gasteiger partial charge in [-0.1, -0.05) is 30.3 Å². The van der Waals surface area contributed by atoms with Gasteiger partial charge in [-0.05, 0) is 24.1 Å². The van der Waals surface area contributed by atoms with Gasteiger partial charge >= 0.3 is 0 Å². The molecule has 0 unspecified atom stereocenters. The van der Waals surface area contributed by atoms with Gasteiger partial charge in [-0.15, -0.1) is 0 Å². The lowest BCUT2D eigenvalue weighted by Crippen LogP contribution is -2.36. The standard InChI is InChI=1S/C20H18FN3O2/c21-15-7-4-11-22-19(15)20(25)24-12-10-17-16(13-24)23-18(26-17)9-8-14-5-2-1-3-6-14/h1-7,11H,8-10,12-13H2. The summed E-state index contributed by atoms with van der Waals surface area (Å²) in [5.41, 5.74) is 1.83. The fourth-order valence-corrected chi connectivity index (χ4v) is 3.12. The maximum Gasteiger partial charge on any atom is 0.275 e. The minimum absolute atomic E-state index is 0.149. The predicted octanol–water partition coefficient (Wildman–Crippen LogP) is 3.19. The SMILES string of the molecule is O=C(c1ncccc1F)N1CCc2oc(CCc3ccccc3)nc2C1. The molecule has 0 saturated heterocycles. The highest BCUT2D eigenvalue weighted by molar-refractivity contribution is 5.92. The number of carbonyl (C=O) groups excluding carboxylic acids is 1. The van der Waals surface area contributed by atoms with Crippen molar-refractivity contribution < 1.29 is 13.6 Å². The maximum absolute atomic E-state index is 13.8. The molecule has 0 saturated carbocycles. The largest absolute Gasteiger partial charge is 0.445 e. The molecule has 5 nitrogen and oxygen atoms in total. The van der Waals surface area contributed by atoms with Crippen molar-refractivity contribution in [1.29, 1.82) is 0 Å². The zero-order valence-corrected chi connectivity index (χ0v) is 14.2. The summed E-state index contributed by atoms with van der Waals surface area (Å²) >= 11 is 0. The first-order chi connectivity index (χ1) is 12.7. The summed E-state index contributed by atoms with van der Waals surface area (Å²) in [7, 11) is 0. The van der Waals surface area contributed by atoms with Gasteiger partial charge in [0, 0.05) is 25.6 Å². The van der Waals surface area contributed by atoms with Crippen LogP contribution in [0.15, 0.2) is 53.1 Å². The van der Waals surface area contributed by atoms with Crippen LogP contribution in [0.1, 0.15) is 33.4 Å². The van der Waals surface area contributed by atoms with E-state index < -0.39 is 11.7 Å². The van der Waals surface area contributed by atoms with Crippen LogP contribution in [0.4, 0.5) is 4.39 Å². The third-order valence-electron chi connectivity index (χ3n) is 4.49. The minimum Gasteiger partial charge on any atom is -0.445 e. The summed E-state index contributed by atoms with van der Waals surface area (Å²) in [6, 6.07) is 12.9. The smallest absolute Gasteiger partial charge is 0.275 e. The van der Waals surface area contributed by atoms with Crippen LogP contribution in [0, 0.1) is 5.82 Å². The van der Waals surface area contributed by atoms with Crippen LogP contribution in [0.25, 0.3) is 0 Å². The number of halogens is 1. The monoisotopic (exact) mass is 351 g/mol. The number of hydrogen-bond donors (Lipinski definition) is 0. The van der Waals surface area contributed by atoms with Crippen LogP contribution in [0.2, 0.25) is 0 Å². The minimum atomic E-state index is -0.605. The summed E-state index contributed by atoms with van der Waals surface area (Å²) < 4.78 is 19.7. The quantitative estimate of drug-likeness (QED) is 0.724. The molecular weight excluding hydrogens is 333 g/mol. The second kappa shape index (κ2) is 7.07. The maximum atomic E-state index is 13.8. The van der Waals surface area contributed by atoms with Gasteiger partial charge in [-0.3, -0.25) is 4.79 Å². The van der Waals surface area contributed by atoms with Crippen molar-refractivity contribution in [3.05, 3.63) is 83.1 Å². The van der Waals surface area contributed by atoms with E-state index in [1.54, 1.807) is 4.90 Å². The first-order valence-electron chi connectivity index (χ1n) is 8.62. The van der Waals surface area contributed by atoms with Crippen molar-refractivity contribution >= 4 is 5.91 Å². The normalized spacial score (nSPS) is 13.5. The molecule has 0 bridgehead atoms. The van der Waals surface area contributed by atoms with E-state index in [0.717, 1.165) is 17.9 Å². The molecule has 0 N–H and O–H groups in total. The topological polar surface area (TPSA) is 59.2 Å². The number of fused-ring (bicyclic) bond motifs is 1. The number of hydrogen-bond acceptors (Lipinski definition) is 4. The zero-order chi connectivity index (χ0) is 17.9. The van der Waals surface area contributed by atoms with Gasteiger partial charge in [0.2, 0.25) is 0 Å². The van der Waals surface area contributed by atoms with E-state index in [-0.39, 0.29) is 5.69 Å². The molecule has 1 aliphatic heterocycles. The molecule has 26 heavy (non-hydrogen) atoms. The molecule has 132 valence electrons. The molecule has 0 fully saturated rings. The van der Waals surface area contributed by atoms with Crippen LogP contribution < -0.4 is 0 Å². The number of benzene rings is 1. The fraction of sp³-hybridized carbons (Fsp3) is 0.250. The summed E-state index contributed by atoms with van der Waals surface area (Å²) in [4.78, 5) is 22.5. The van der Waals surface area contributed by atoms with Crippen molar-refractivity contribution in [2.24, 2.45) is 0 Å². The fourth-order valence-electron chi connectivity index (χ4n) is 3.12. The highest BCUT2D eigenvalue weighted by Gasteiger charge is 2.28. The zero-order valence-electron chi connectivity index (χ0n) is 14.2. The van der Waals surface area contributed by atoms with Crippen LogP contribution >= 0.6 is 0 Å². The Hall–Kier alpha value is -3.02. The van der Waals surface area contributed by atoms with E-state index in [1.807, 2.05) is 18.2 Å². The first kappa shape index (κ1) is 16.4. The van der Waals surface area contributed by atoms with Crippen LogP contribution in [0.3, 0.4) is 0 Å². The summed E-state index contributed by atoms with van der Waals surface area (Å²) in [5.74, 6) is 0.477. The lowest BCUT2D eigenvalue weighted by Gasteiger charge is -2.25. The molecule has 1 aliphatic rings. The van der Waals surface area contributed by atoms with Gasteiger partial charge in [-0.2, -0.15) is 0 Å². The van der Waals surface area contributed by atoms with Crippen LogP contribution in [-0.4, -0.2) is 27.3 Å². The molecule has 1 aromatic carbocycles. The van der Waals surface area contributed by atoms with E-state index in [1.165, 1.54) is 23.9 Å². The van der Waals surface area contributed by atoms with E-state index in [2.05, 4.69) is 22.1 Å². The van der Waals surface area contributed by atoms with E-state index in [4.69, 9.17) is 4.42 Å². The third-order valence-corrected chi connectivity index (χ3v) is 4.49. The Bertz CT molecular complexity index is 924. The van der Waals surface area contributed by atoms with Crippen molar-refractivity contribution in [3.63, 3.8) is 0 Å². The van der Waals surface area contributed by atoms with Crippen molar-refractivity contribution in [1.82, 2.24) is 14.9 Å². The third kappa shape index (κ3) is 3.35. The average molecular weight is 351 g/mol. The lowest BCUT2D eigenvalue weighted by molar-refractivity contribution is 0.0716. The van der Waals surface area contributed by atoms with Gasteiger partial charge in [0.1, 0.15) is 11.5 Å². The summed E-state index contributed by atoms with van der Waals surface area (Å²) in [6.45, 7) is 0.786. The average Bonchev–Trinajstić information content (AvgIpc) is 3.09. The highest BCUT2D eigenvalue weighted by atomic mass is 19.1. The van der Waals surface area contributed by atoms with Gasteiger partial charge in [0.25, 0.3) is 5.91 Å². The Morgan fingerprint density at radius 1 is 1.15 bits per heavy atom. The molecule has 1 amide bonds. The molecule has 0 radical (unpaired) electrons. The van der Waals surface area contributed by atoms with Gasteiger partial charge in [0.15, 0.2) is 17.4 Å². The number of amides is 1. The van der Waals surface area contributed by atoms with Gasteiger partial charge in [0.05, 0.1) is 6.54 Å². The van der Waals surface area contributed by atoms with Crippen LogP contribution in [-0.2, 0) is 25.8 Å². The molecule has 0 spiro atoms. The second-order valence-corrected chi connectivity index (χ2v) is 6.27. The summed E-state index contributed by atoms with van der Waals surface area (Å²) in [6.07, 6.45) is 3.55. The number of nitrogens with zero attached hydrogens (tertiary/aromatic N) is 3. The Kier molecular flexibility index (Phi) is 4.48. The van der Waals surface area contributed by atoms with Crippen molar-refractivity contribution in [3.8, 4) is 0 Å². The Balaban J connectivity index is 1.45. The molecule has 0 atom stereocenters. The highest BCUT2D eigenvalue weighted by Crippen LogP contribution is 2.22. The molecule has 6 heteroatoms. The number of aromatic nitrogens is 2. The number of oxazole rings is 1. The van der Waals surface area contributed by atoms with Gasteiger partial charge in [-0.25, -0.2) is 14.4 Å². The summed E-state index contributed by atoms with van der Waals surface area (Å²) in [5, 5.41) is 0. The Morgan fingerprint density at radius 2 is 2.00 bits per heavy atom. The lowest BCUT2D eigenvalue weighted by atomic mass is 10.1. The molecule has 2 aromatic heterocycles. The molecule has 3 heterocycles. The molecule has 4 rings (SSSR count). The van der Waals surface area contributed by atoms with E-state index in [0.29, 0.717) is 31.8 Å². The number of aryl methyl sites for hydroxylation is 2. The van der Waals surface area contributed by atoms with E-state index in [9.17, 15) is 9.18 Å². The molecular formula is C20H18FN3O2. The van der Waals surface area contributed by atoms with Gasteiger partial charge < -0.3 is 9.32 Å². The Morgan fingerprint density at radius 3 is 2.81 bits per heavy atom. The van der Waals surface area contributed by atoms with Crippen LogP contribution in [0.5, 0.6) is 0 Å². The number of pyridine rings is 1. The first-order valence-corrected chi connectivity index (χ1v) is 8.62. The van der Waals surface area contributed by atoms with E-state index >= 15 is 0 Å². The van der Waals surface area contributed by atoms with Crippen molar-refractivity contribution in [2.75, 3.05) is 6.54 Å². The molecule has 3 aromatic rings. The Labute approximate surface area is 150 Å².